The predicted molar refractivity (Wildman–Crippen MR) is 175 cm³/mol. The van der Waals surface area contributed by atoms with Crippen LogP contribution in [0.2, 0.25) is 0 Å². The second-order valence-corrected chi connectivity index (χ2v) is 12.9. The lowest BCUT2D eigenvalue weighted by atomic mass is 10.0. The molecule has 2 amide bonds. The maximum atomic E-state index is 13.2. The van der Waals surface area contributed by atoms with Crippen LogP contribution in [-0.4, -0.2) is 81.5 Å². The van der Waals surface area contributed by atoms with E-state index >= 15 is 0 Å². The van der Waals surface area contributed by atoms with E-state index in [2.05, 4.69) is 16.0 Å². The molecule has 6 heterocycles. The number of carbonyl (C=O) groups excluding carboxylic acids is 2. The largest absolute Gasteiger partial charge is 0.446 e. The van der Waals surface area contributed by atoms with Gasteiger partial charge in [0.05, 0.1) is 36.3 Å². The number of aromatic nitrogens is 3. The van der Waals surface area contributed by atoms with Crippen molar-refractivity contribution in [2.75, 3.05) is 29.4 Å². The number of rotatable bonds is 9. The maximum absolute atomic E-state index is 13.2. The molecule has 3 aromatic rings. The summed E-state index contributed by atoms with van der Waals surface area (Å²) in [5, 5.41) is 10.9. The molecule has 3 aliphatic heterocycles. The molecule has 1 N–H and O–H groups in total. The third kappa shape index (κ3) is 7.65. The van der Waals surface area contributed by atoms with Crippen molar-refractivity contribution in [3.8, 4) is 0 Å². The molecule has 0 radical (unpaired) electrons. The van der Waals surface area contributed by atoms with E-state index in [0.717, 1.165) is 64.4 Å². The number of aliphatic hydroxyl groups is 1. The van der Waals surface area contributed by atoms with Crippen molar-refractivity contribution in [1.29, 1.82) is 0 Å². The number of carbonyl (C=O) groups is 2. The van der Waals surface area contributed by atoms with Gasteiger partial charge in [-0.1, -0.05) is 6.07 Å². The molecule has 47 heavy (non-hydrogen) atoms. The lowest BCUT2D eigenvalue weighted by Gasteiger charge is -2.35. The molecule has 3 aliphatic rings. The Morgan fingerprint density at radius 3 is 2.49 bits per heavy atom. The van der Waals surface area contributed by atoms with Crippen molar-refractivity contribution in [3.63, 3.8) is 0 Å². The molecular formula is C35H44N6O6. The molecule has 0 bridgehead atoms. The molecular weight excluding hydrogens is 600 g/mol. The summed E-state index contributed by atoms with van der Waals surface area (Å²) >= 11 is 0. The third-order valence-electron chi connectivity index (χ3n) is 8.80. The second-order valence-electron chi connectivity index (χ2n) is 12.9. The molecule has 12 heteroatoms. The Hall–Kier alpha value is -4.29. The van der Waals surface area contributed by atoms with Gasteiger partial charge in [0.15, 0.2) is 0 Å². The van der Waals surface area contributed by atoms with Gasteiger partial charge in [0.25, 0.3) is 0 Å². The summed E-state index contributed by atoms with van der Waals surface area (Å²) in [6, 6.07) is 7.97. The Morgan fingerprint density at radius 2 is 1.66 bits per heavy atom. The Kier molecular flexibility index (Phi) is 9.88. The smallest absolute Gasteiger partial charge is 0.414 e. The minimum absolute atomic E-state index is 0.189. The van der Waals surface area contributed by atoms with Crippen molar-refractivity contribution < 1.29 is 28.9 Å². The summed E-state index contributed by atoms with van der Waals surface area (Å²) in [5.41, 5.74) is 7.49. The number of pyridine rings is 3. The molecule has 12 nitrogen and oxygen atoms in total. The highest BCUT2D eigenvalue weighted by Gasteiger charge is 2.29. The zero-order valence-corrected chi connectivity index (χ0v) is 27.6. The second kappa shape index (κ2) is 14.2. The number of hydrogen-bond acceptors (Lipinski definition) is 10. The van der Waals surface area contributed by atoms with E-state index in [9.17, 15) is 14.7 Å². The van der Waals surface area contributed by atoms with Crippen LogP contribution in [-0.2, 0) is 52.9 Å². The van der Waals surface area contributed by atoms with Crippen LogP contribution in [0, 0.1) is 0 Å². The van der Waals surface area contributed by atoms with Gasteiger partial charge in [-0.05, 0) is 88.3 Å². The summed E-state index contributed by atoms with van der Waals surface area (Å²) in [6.07, 6.45) is 6.91. The summed E-state index contributed by atoms with van der Waals surface area (Å²) in [7, 11) is 0. The molecule has 250 valence electrons. The fourth-order valence-electron chi connectivity index (χ4n) is 6.52. The highest BCUT2D eigenvalue weighted by Crippen LogP contribution is 2.30. The van der Waals surface area contributed by atoms with Gasteiger partial charge in [0.1, 0.15) is 6.10 Å². The summed E-state index contributed by atoms with van der Waals surface area (Å²) in [5.74, 6) is 0. The van der Waals surface area contributed by atoms with Gasteiger partial charge < -0.3 is 29.1 Å². The number of nitrogens with zero attached hydrogens (tertiary/aromatic N) is 6. The minimum Gasteiger partial charge on any atom is -0.446 e. The first kappa shape index (κ1) is 32.6. The summed E-state index contributed by atoms with van der Waals surface area (Å²) in [4.78, 5) is 44.4. The zero-order valence-electron chi connectivity index (χ0n) is 27.6. The topological polar surface area (TPSA) is 130 Å². The van der Waals surface area contributed by atoms with Crippen molar-refractivity contribution in [2.45, 2.75) is 97.5 Å². The van der Waals surface area contributed by atoms with Crippen LogP contribution in [0.4, 0.5) is 21.0 Å². The normalized spacial score (nSPS) is 17.4. The minimum atomic E-state index is -1.06. The molecule has 0 saturated heterocycles. The molecule has 3 unspecified atom stereocenters. The monoisotopic (exact) mass is 644 g/mol. The van der Waals surface area contributed by atoms with Crippen LogP contribution in [0.25, 0.3) is 0 Å². The Labute approximate surface area is 275 Å². The lowest BCUT2D eigenvalue weighted by molar-refractivity contribution is -0.130. The number of aryl methyl sites for hydroxylation is 1. The number of hydrogen-bond donors (Lipinski definition) is 1. The van der Waals surface area contributed by atoms with Crippen LogP contribution in [0.1, 0.15) is 67.9 Å². The average molecular weight is 645 g/mol. The van der Waals surface area contributed by atoms with Gasteiger partial charge >= 0.3 is 12.2 Å². The fraction of sp³-hybridized carbons (Fsp3) is 0.514. The average Bonchev–Trinajstić information content (AvgIpc) is 3.47. The van der Waals surface area contributed by atoms with Crippen molar-refractivity contribution in [2.24, 2.45) is 0 Å². The van der Waals surface area contributed by atoms with E-state index in [1.807, 2.05) is 57.0 Å². The third-order valence-corrected chi connectivity index (χ3v) is 8.80. The van der Waals surface area contributed by atoms with Crippen molar-refractivity contribution in [1.82, 2.24) is 19.9 Å². The SMILES string of the molecule is CC(C)OC(=O)N1CCc2cc(CC(C)OC(=O)N3CCc4ccc(CC(C)OC(O)N5CCCc6cnccc65)nc4C3)ncc21. The van der Waals surface area contributed by atoms with E-state index in [0.29, 0.717) is 45.4 Å². The van der Waals surface area contributed by atoms with E-state index < -0.39 is 6.41 Å². The van der Waals surface area contributed by atoms with Crippen molar-refractivity contribution >= 4 is 23.6 Å². The van der Waals surface area contributed by atoms with Crippen LogP contribution in [0.15, 0.2) is 42.9 Å². The Bertz CT molecular complexity index is 1600. The van der Waals surface area contributed by atoms with Crippen LogP contribution < -0.4 is 9.80 Å². The first-order valence-corrected chi connectivity index (χ1v) is 16.6. The van der Waals surface area contributed by atoms with E-state index in [-0.39, 0.29) is 30.5 Å². The quantitative estimate of drug-likeness (QED) is 0.331. The number of fused-ring (bicyclic) bond motifs is 3. The van der Waals surface area contributed by atoms with Crippen LogP contribution in [0.5, 0.6) is 0 Å². The Balaban J connectivity index is 1.01. The van der Waals surface area contributed by atoms with E-state index in [4.69, 9.17) is 19.2 Å². The number of amides is 2. The Morgan fingerprint density at radius 1 is 0.851 bits per heavy atom. The first-order chi connectivity index (χ1) is 22.6. The molecule has 6 rings (SSSR count). The molecule has 0 saturated carbocycles. The summed E-state index contributed by atoms with van der Waals surface area (Å²) in [6.45, 7) is 9.64. The molecule has 3 atom stereocenters. The molecule has 0 aromatic carbocycles. The summed E-state index contributed by atoms with van der Waals surface area (Å²) < 4.78 is 17.2. The van der Waals surface area contributed by atoms with Crippen LogP contribution >= 0.6 is 0 Å². The number of aliphatic hydroxyl groups excluding tert-OH is 1. The first-order valence-electron chi connectivity index (χ1n) is 16.6. The molecule has 3 aromatic heterocycles. The van der Waals surface area contributed by atoms with Gasteiger partial charge in [-0.3, -0.25) is 19.9 Å². The maximum Gasteiger partial charge on any atom is 0.414 e. The fourth-order valence-corrected chi connectivity index (χ4v) is 6.52. The van der Waals surface area contributed by atoms with Gasteiger partial charge in [0, 0.05) is 61.9 Å². The molecule has 0 aliphatic carbocycles. The highest BCUT2D eigenvalue weighted by molar-refractivity contribution is 5.90. The van der Waals surface area contributed by atoms with Gasteiger partial charge in [-0.25, -0.2) is 9.59 Å². The standard InChI is InChI=1S/C35H44N6O6/c1-22(2)45-34(43)41-15-11-26-18-29(37-20-32(26)41)17-24(4)46-33(42)39-14-10-25-7-8-28(38-30(25)21-39)16-23(3)47-35(44)40-13-5-6-27-19-36-12-9-31(27)40/h7-9,12,18-20,22-24,35,44H,5-6,10-11,13-17,21H2,1-4H3. The van der Waals surface area contributed by atoms with Crippen LogP contribution in [0.3, 0.4) is 0 Å². The van der Waals surface area contributed by atoms with E-state index in [1.54, 1.807) is 22.2 Å². The lowest BCUT2D eigenvalue weighted by Crippen LogP contribution is -2.42. The predicted octanol–water partition coefficient (Wildman–Crippen LogP) is 4.58. The number of anilines is 2. The van der Waals surface area contributed by atoms with Crippen molar-refractivity contribution in [3.05, 3.63) is 76.6 Å². The zero-order chi connectivity index (χ0) is 33.1. The van der Waals surface area contributed by atoms with Gasteiger partial charge in [-0.2, -0.15) is 0 Å². The molecule has 0 fully saturated rings. The number of ether oxygens (including phenoxy) is 3. The highest BCUT2D eigenvalue weighted by atomic mass is 16.6. The van der Waals surface area contributed by atoms with Gasteiger partial charge in [0.2, 0.25) is 6.41 Å². The molecule has 0 spiro atoms. The van der Waals surface area contributed by atoms with Gasteiger partial charge in [-0.15, -0.1) is 0 Å². The van der Waals surface area contributed by atoms with E-state index in [1.165, 1.54) is 0 Å².